The molecule has 4 heterocycles. The van der Waals surface area contributed by atoms with Gasteiger partial charge in [-0.25, -0.2) is 0 Å². The third kappa shape index (κ3) is 2.22. The van der Waals surface area contributed by atoms with Crippen LogP contribution in [0.2, 0.25) is 0 Å². The van der Waals surface area contributed by atoms with Gasteiger partial charge in [0.05, 0.1) is 18.3 Å². The summed E-state index contributed by atoms with van der Waals surface area (Å²) >= 11 is 1.90. The summed E-state index contributed by atoms with van der Waals surface area (Å²) in [6.07, 6.45) is 5.03. The Labute approximate surface area is 128 Å². The summed E-state index contributed by atoms with van der Waals surface area (Å²) in [6, 6.07) is 2.56. The molecule has 1 spiro atoms. The molecule has 0 saturated carbocycles. The van der Waals surface area contributed by atoms with Crippen LogP contribution in [-0.2, 0) is 23.8 Å². The molecule has 1 saturated heterocycles. The van der Waals surface area contributed by atoms with E-state index in [0.29, 0.717) is 0 Å². The van der Waals surface area contributed by atoms with Gasteiger partial charge in [0, 0.05) is 29.4 Å². The highest BCUT2D eigenvalue weighted by Crippen LogP contribution is 2.47. The standard InChI is InChI=1S/C15H20N4OS/c1-10-7-11-3-6-20-15(14(11)21-10)4-5-16-12(8-15)13-9-19(2)18-17-13/h7,9,12,16H,3-6,8H2,1-2H3/t12-,15-/m0/s1. The number of fused-ring (bicyclic) bond motifs is 2. The number of thiophene rings is 1. The zero-order valence-electron chi connectivity index (χ0n) is 12.4. The molecule has 0 radical (unpaired) electrons. The van der Waals surface area contributed by atoms with Crippen molar-refractivity contribution in [2.24, 2.45) is 7.05 Å². The number of hydrogen-bond acceptors (Lipinski definition) is 5. The Balaban J connectivity index is 1.69. The van der Waals surface area contributed by atoms with Gasteiger partial charge >= 0.3 is 0 Å². The SMILES string of the molecule is Cc1cc2c(s1)[C@@]1(CCN[C@H](c3cn(C)nn3)C1)OCC2. The van der Waals surface area contributed by atoms with Gasteiger partial charge < -0.3 is 10.1 Å². The van der Waals surface area contributed by atoms with Crippen LogP contribution in [0.4, 0.5) is 0 Å². The van der Waals surface area contributed by atoms with Crippen LogP contribution in [0.25, 0.3) is 0 Å². The van der Waals surface area contributed by atoms with E-state index in [2.05, 4.69) is 28.6 Å². The third-order valence-corrected chi connectivity index (χ3v) is 5.80. The van der Waals surface area contributed by atoms with E-state index in [9.17, 15) is 0 Å². The van der Waals surface area contributed by atoms with Crippen molar-refractivity contribution in [1.29, 1.82) is 0 Å². The average Bonchev–Trinajstić information content (AvgIpc) is 3.06. The largest absolute Gasteiger partial charge is 0.369 e. The zero-order chi connectivity index (χ0) is 14.4. The maximum absolute atomic E-state index is 6.32. The first-order valence-corrected chi connectivity index (χ1v) is 8.31. The molecule has 0 unspecified atom stereocenters. The van der Waals surface area contributed by atoms with Gasteiger partial charge in [0.1, 0.15) is 5.60 Å². The van der Waals surface area contributed by atoms with Crippen molar-refractivity contribution in [1.82, 2.24) is 20.3 Å². The fourth-order valence-corrected chi connectivity index (χ4v) is 4.83. The lowest BCUT2D eigenvalue weighted by atomic mass is 9.82. The number of aromatic nitrogens is 3. The number of aryl methyl sites for hydroxylation is 2. The number of ether oxygens (including phenoxy) is 1. The summed E-state index contributed by atoms with van der Waals surface area (Å²) in [6.45, 7) is 3.98. The topological polar surface area (TPSA) is 52.0 Å². The third-order valence-electron chi connectivity index (χ3n) is 4.53. The molecular formula is C15H20N4OS. The van der Waals surface area contributed by atoms with Gasteiger partial charge in [-0.2, -0.15) is 0 Å². The van der Waals surface area contributed by atoms with Gasteiger partial charge in [0.25, 0.3) is 0 Å². The first kappa shape index (κ1) is 13.4. The minimum Gasteiger partial charge on any atom is -0.369 e. The summed E-state index contributed by atoms with van der Waals surface area (Å²) in [4.78, 5) is 2.83. The van der Waals surface area contributed by atoms with E-state index < -0.39 is 0 Å². The molecule has 0 bridgehead atoms. The Hall–Kier alpha value is -1.24. The zero-order valence-corrected chi connectivity index (χ0v) is 13.2. The molecule has 2 aromatic heterocycles. The van der Waals surface area contributed by atoms with Crippen LogP contribution >= 0.6 is 11.3 Å². The molecule has 5 nitrogen and oxygen atoms in total. The highest BCUT2D eigenvalue weighted by atomic mass is 32.1. The van der Waals surface area contributed by atoms with E-state index in [1.54, 1.807) is 4.68 Å². The predicted octanol–water partition coefficient (Wildman–Crippen LogP) is 2.08. The van der Waals surface area contributed by atoms with Crippen molar-refractivity contribution in [2.75, 3.05) is 13.2 Å². The summed E-state index contributed by atoms with van der Waals surface area (Å²) in [5.74, 6) is 0. The van der Waals surface area contributed by atoms with Gasteiger partial charge in [-0.05, 0) is 37.9 Å². The Kier molecular flexibility index (Phi) is 3.13. The molecule has 6 heteroatoms. The predicted molar refractivity (Wildman–Crippen MR) is 81.4 cm³/mol. The Bertz CT molecular complexity index is 664. The van der Waals surface area contributed by atoms with Crippen LogP contribution in [0.1, 0.15) is 39.9 Å². The van der Waals surface area contributed by atoms with Crippen molar-refractivity contribution in [3.05, 3.63) is 33.3 Å². The summed E-state index contributed by atoms with van der Waals surface area (Å²) in [5, 5.41) is 11.9. The number of hydrogen-bond donors (Lipinski definition) is 1. The molecule has 2 aliphatic rings. The van der Waals surface area contributed by atoms with Crippen molar-refractivity contribution >= 4 is 11.3 Å². The van der Waals surface area contributed by atoms with Crippen LogP contribution < -0.4 is 5.32 Å². The normalized spacial score (nSPS) is 28.8. The van der Waals surface area contributed by atoms with Crippen LogP contribution in [0.3, 0.4) is 0 Å². The van der Waals surface area contributed by atoms with E-state index in [0.717, 1.165) is 38.1 Å². The van der Waals surface area contributed by atoms with E-state index in [1.165, 1.54) is 15.3 Å². The van der Waals surface area contributed by atoms with Crippen LogP contribution in [0.15, 0.2) is 12.3 Å². The molecule has 21 heavy (non-hydrogen) atoms. The maximum Gasteiger partial charge on any atom is 0.106 e. The second-order valence-electron chi connectivity index (χ2n) is 6.08. The second kappa shape index (κ2) is 4.90. The Morgan fingerprint density at radius 2 is 2.43 bits per heavy atom. The van der Waals surface area contributed by atoms with Crippen molar-refractivity contribution in [3.8, 4) is 0 Å². The van der Waals surface area contributed by atoms with Crippen LogP contribution in [-0.4, -0.2) is 28.1 Å². The second-order valence-corrected chi connectivity index (χ2v) is 7.34. The van der Waals surface area contributed by atoms with E-state index in [1.807, 2.05) is 24.6 Å². The average molecular weight is 304 g/mol. The molecule has 1 N–H and O–H groups in total. The van der Waals surface area contributed by atoms with Crippen molar-refractivity contribution in [2.45, 2.75) is 37.8 Å². The van der Waals surface area contributed by atoms with Crippen LogP contribution in [0, 0.1) is 6.92 Å². The van der Waals surface area contributed by atoms with E-state index in [4.69, 9.17) is 4.74 Å². The molecule has 2 aliphatic heterocycles. The summed E-state index contributed by atoms with van der Waals surface area (Å²) in [7, 11) is 1.91. The smallest absolute Gasteiger partial charge is 0.106 e. The highest BCUT2D eigenvalue weighted by molar-refractivity contribution is 7.12. The molecular weight excluding hydrogens is 284 g/mol. The lowest BCUT2D eigenvalue weighted by Gasteiger charge is -2.43. The number of rotatable bonds is 1. The van der Waals surface area contributed by atoms with Gasteiger partial charge in [-0.15, -0.1) is 16.4 Å². The number of piperidine rings is 1. The Morgan fingerprint density at radius 1 is 1.52 bits per heavy atom. The molecule has 112 valence electrons. The number of nitrogens with one attached hydrogen (secondary N) is 1. The van der Waals surface area contributed by atoms with Crippen molar-refractivity contribution in [3.63, 3.8) is 0 Å². The minimum atomic E-state index is -0.125. The highest BCUT2D eigenvalue weighted by Gasteiger charge is 2.44. The molecule has 2 atom stereocenters. The lowest BCUT2D eigenvalue weighted by Crippen LogP contribution is -2.45. The lowest BCUT2D eigenvalue weighted by molar-refractivity contribution is -0.0871. The molecule has 2 aromatic rings. The fraction of sp³-hybridized carbons (Fsp3) is 0.600. The first-order valence-electron chi connectivity index (χ1n) is 7.50. The van der Waals surface area contributed by atoms with Gasteiger partial charge in [0.2, 0.25) is 0 Å². The fourth-order valence-electron chi connectivity index (χ4n) is 3.58. The quantitative estimate of drug-likeness (QED) is 0.876. The van der Waals surface area contributed by atoms with Gasteiger partial charge in [0.15, 0.2) is 0 Å². The van der Waals surface area contributed by atoms with Gasteiger partial charge in [-0.1, -0.05) is 5.21 Å². The maximum atomic E-state index is 6.32. The minimum absolute atomic E-state index is 0.125. The first-order chi connectivity index (χ1) is 10.2. The van der Waals surface area contributed by atoms with Crippen LogP contribution in [0.5, 0.6) is 0 Å². The molecule has 1 fully saturated rings. The summed E-state index contributed by atoms with van der Waals surface area (Å²) in [5.41, 5.74) is 2.38. The van der Waals surface area contributed by atoms with E-state index in [-0.39, 0.29) is 11.6 Å². The molecule has 0 amide bonds. The van der Waals surface area contributed by atoms with Crippen molar-refractivity contribution < 1.29 is 4.74 Å². The van der Waals surface area contributed by atoms with Gasteiger partial charge in [-0.3, -0.25) is 4.68 Å². The molecule has 4 rings (SSSR count). The van der Waals surface area contributed by atoms with E-state index >= 15 is 0 Å². The number of nitrogens with zero attached hydrogens (tertiary/aromatic N) is 3. The Morgan fingerprint density at radius 3 is 3.24 bits per heavy atom. The molecule has 0 aromatic carbocycles. The monoisotopic (exact) mass is 304 g/mol. The molecule has 0 aliphatic carbocycles. The summed E-state index contributed by atoms with van der Waals surface area (Å²) < 4.78 is 8.08.